The molecule has 25 heavy (non-hydrogen) atoms. The summed E-state index contributed by atoms with van der Waals surface area (Å²) in [6, 6.07) is 28.4. The van der Waals surface area contributed by atoms with Crippen molar-refractivity contribution in [3.8, 4) is 0 Å². The number of hydrogen-bond donors (Lipinski definition) is 1. The maximum absolute atomic E-state index is 12.5. The fourth-order valence-electron chi connectivity index (χ4n) is 3.28. The van der Waals surface area contributed by atoms with Crippen LogP contribution in [0.3, 0.4) is 0 Å². The van der Waals surface area contributed by atoms with Crippen LogP contribution in [0.4, 0.5) is 0 Å². The Labute approximate surface area is 147 Å². The molecular weight excluding hydrogens is 331 g/mol. The van der Waals surface area contributed by atoms with E-state index in [1.165, 1.54) is 7.11 Å². The Kier molecular flexibility index (Phi) is 4.71. The van der Waals surface area contributed by atoms with E-state index >= 15 is 0 Å². The van der Waals surface area contributed by atoms with Gasteiger partial charge in [0, 0.05) is 0 Å². The van der Waals surface area contributed by atoms with Gasteiger partial charge in [0.25, 0.3) is 0 Å². The average Bonchev–Trinajstić information content (AvgIpc) is 2.70. The number of ether oxygens (including phenoxy) is 1. The van der Waals surface area contributed by atoms with Crippen molar-refractivity contribution in [2.45, 2.75) is 0 Å². The van der Waals surface area contributed by atoms with Crippen LogP contribution in [-0.4, -0.2) is 24.1 Å². The van der Waals surface area contributed by atoms with Crippen molar-refractivity contribution in [1.82, 2.24) is 0 Å². The third-order valence-corrected chi connectivity index (χ3v) is 9.71. The number of benzene rings is 3. The summed E-state index contributed by atoms with van der Waals surface area (Å²) in [7, 11) is 1.35. The summed E-state index contributed by atoms with van der Waals surface area (Å²) in [4.78, 5) is 24.9. The van der Waals surface area contributed by atoms with E-state index in [1.807, 2.05) is 91.0 Å². The molecule has 0 aliphatic heterocycles. The van der Waals surface area contributed by atoms with Crippen LogP contribution >= 0.6 is 6.83 Å². The number of esters is 1. The normalized spacial score (nSPS) is 12.8. The monoisotopic (exact) mass is 352 g/mol. The van der Waals surface area contributed by atoms with Crippen molar-refractivity contribution in [1.29, 1.82) is 0 Å². The summed E-state index contributed by atoms with van der Waals surface area (Å²) in [6.45, 7) is -3.99. The zero-order valence-electron chi connectivity index (χ0n) is 14.1. The first-order valence-corrected chi connectivity index (χ1v) is 10.5. The average molecular weight is 352 g/mol. The van der Waals surface area contributed by atoms with Gasteiger partial charge in [-0.1, -0.05) is 0 Å². The van der Waals surface area contributed by atoms with Crippen LogP contribution in [0.25, 0.3) is 0 Å². The molecule has 3 aromatic rings. The van der Waals surface area contributed by atoms with Crippen LogP contribution in [0.15, 0.2) is 91.0 Å². The van der Waals surface area contributed by atoms with E-state index in [4.69, 9.17) is 4.74 Å². The summed E-state index contributed by atoms with van der Waals surface area (Å²) >= 11 is 0. The van der Waals surface area contributed by atoms with Gasteiger partial charge < -0.3 is 0 Å². The van der Waals surface area contributed by atoms with Gasteiger partial charge in [0.15, 0.2) is 0 Å². The first-order chi connectivity index (χ1) is 12.1. The predicted octanol–water partition coefficient (Wildman–Crippen LogP) is 2.60. The minimum absolute atomic E-state index is 0.0971. The van der Waals surface area contributed by atoms with Gasteiger partial charge in [-0.15, -0.1) is 0 Å². The molecule has 0 saturated heterocycles. The SMILES string of the molecule is COC(=O)CP(O)(c1ccccc1)(c1ccccc1)c1ccccc1. The molecule has 0 bridgehead atoms. The third-order valence-electron chi connectivity index (χ3n) is 4.60. The van der Waals surface area contributed by atoms with Crippen LogP contribution < -0.4 is 15.9 Å². The van der Waals surface area contributed by atoms with E-state index in [1.54, 1.807) is 0 Å². The zero-order valence-corrected chi connectivity index (χ0v) is 15.0. The molecule has 0 saturated carbocycles. The van der Waals surface area contributed by atoms with Crippen molar-refractivity contribution in [2.75, 3.05) is 13.3 Å². The predicted molar refractivity (Wildman–Crippen MR) is 104 cm³/mol. The number of carbonyl (C=O) groups is 1. The van der Waals surface area contributed by atoms with E-state index in [0.29, 0.717) is 0 Å². The molecule has 0 aromatic heterocycles. The van der Waals surface area contributed by atoms with Crippen LogP contribution in [0.5, 0.6) is 0 Å². The fraction of sp³-hybridized carbons (Fsp3) is 0.0952. The topological polar surface area (TPSA) is 46.5 Å². The van der Waals surface area contributed by atoms with Crippen molar-refractivity contribution < 1.29 is 14.4 Å². The molecule has 0 heterocycles. The zero-order chi connectivity index (χ0) is 17.8. The van der Waals surface area contributed by atoms with E-state index in [0.717, 1.165) is 15.9 Å². The summed E-state index contributed by atoms with van der Waals surface area (Å²) in [5, 5.41) is 2.24. The van der Waals surface area contributed by atoms with Gasteiger partial charge in [0.1, 0.15) is 0 Å². The molecule has 3 rings (SSSR count). The molecule has 0 unspecified atom stereocenters. The number of hydrogen-bond acceptors (Lipinski definition) is 3. The molecule has 128 valence electrons. The third kappa shape index (κ3) is 2.86. The van der Waals surface area contributed by atoms with Gasteiger partial charge in [0.2, 0.25) is 0 Å². The Morgan fingerprint density at radius 3 is 1.36 bits per heavy atom. The summed E-state index contributed by atoms with van der Waals surface area (Å²) in [6.07, 6.45) is -0.0971. The minimum atomic E-state index is -3.99. The van der Waals surface area contributed by atoms with E-state index < -0.39 is 12.8 Å². The second-order valence-corrected chi connectivity index (χ2v) is 10.4. The van der Waals surface area contributed by atoms with Gasteiger partial charge in [-0.3, -0.25) is 0 Å². The van der Waals surface area contributed by atoms with Crippen LogP contribution in [0.1, 0.15) is 0 Å². The van der Waals surface area contributed by atoms with E-state index in [-0.39, 0.29) is 6.16 Å². The molecular formula is C21H21O3P. The van der Waals surface area contributed by atoms with Crippen LogP contribution in [-0.2, 0) is 9.53 Å². The van der Waals surface area contributed by atoms with Crippen molar-refractivity contribution in [2.24, 2.45) is 0 Å². The number of methoxy groups -OCH3 is 1. The first kappa shape index (κ1) is 17.3. The summed E-state index contributed by atoms with van der Waals surface area (Å²) < 4.78 is 4.97. The van der Waals surface area contributed by atoms with E-state index in [9.17, 15) is 9.69 Å². The molecule has 3 nitrogen and oxygen atoms in total. The van der Waals surface area contributed by atoms with Gasteiger partial charge in [0.05, 0.1) is 0 Å². The summed E-state index contributed by atoms with van der Waals surface area (Å²) in [5.74, 6) is -0.434. The molecule has 0 atom stereocenters. The maximum atomic E-state index is 12.5. The van der Waals surface area contributed by atoms with Crippen molar-refractivity contribution in [3.63, 3.8) is 0 Å². The summed E-state index contributed by atoms with van der Waals surface area (Å²) in [5.41, 5.74) is 0. The van der Waals surface area contributed by atoms with Gasteiger partial charge >= 0.3 is 147 Å². The van der Waals surface area contributed by atoms with Gasteiger partial charge in [-0.2, -0.15) is 0 Å². The molecule has 0 spiro atoms. The molecule has 3 aromatic carbocycles. The van der Waals surface area contributed by atoms with Gasteiger partial charge in [-0.25, -0.2) is 0 Å². The first-order valence-electron chi connectivity index (χ1n) is 8.09. The Morgan fingerprint density at radius 1 is 0.760 bits per heavy atom. The molecule has 4 heteroatoms. The quantitative estimate of drug-likeness (QED) is 0.567. The number of carbonyl (C=O) groups excluding carboxylic acids is 1. The van der Waals surface area contributed by atoms with Gasteiger partial charge in [-0.05, 0) is 0 Å². The van der Waals surface area contributed by atoms with Crippen LogP contribution in [0, 0.1) is 0 Å². The molecule has 0 radical (unpaired) electrons. The fourth-order valence-corrected chi connectivity index (χ4v) is 7.80. The Morgan fingerprint density at radius 2 is 1.08 bits per heavy atom. The Hall–Kier alpha value is -2.48. The van der Waals surface area contributed by atoms with Crippen molar-refractivity contribution >= 4 is 28.7 Å². The molecule has 1 N–H and O–H groups in total. The molecule has 0 amide bonds. The molecule has 0 aliphatic rings. The Balaban J connectivity index is 2.42. The second kappa shape index (κ2) is 6.79. The standard InChI is InChI=1S/C21H21O3P/c1-24-21(22)17-25(23,18-11-5-2-6-12-18,19-13-7-3-8-14-19)20-15-9-4-10-16-20/h2-16,23H,17H2,1H3. The second-order valence-electron chi connectivity index (χ2n) is 5.99. The van der Waals surface area contributed by atoms with E-state index in [2.05, 4.69) is 0 Å². The Bertz CT molecular complexity index is 749. The molecule has 0 aliphatic carbocycles. The van der Waals surface area contributed by atoms with Crippen molar-refractivity contribution in [3.05, 3.63) is 91.0 Å². The van der Waals surface area contributed by atoms with Crippen LogP contribution in [0.2, 0.25) is 0 Å². The molecule has 0 fully saturated rings. The number of rotatable bonds is 5.